The number of aliphatic hydroxyl groups is 1. The molecule has 0 spiro atoms. The minimum Gasteiger partial charge on any atom is -0.459 e. The van der Waals surface area contributed by atoms with Crippen molar-refractivity contribution in [3.63, 3.8) is 0 Å². The highest BCUT2D eigenvalue weighted by Gasteiger charge is 2.30. The molecule has 24 heavy (non-hydrogen) atoms. The molecule has 7 heteroatoms. The lowest BCUT2D eigenvalue weighted by atomic mass is 9.94. The zero-order chi connectivity index (χ0) is 17.2. The van der Waals surface area contributed by atoms with Crippen LogP contribution in [0.5, 0.6) is 0 Å². The van der Waals surface area contributed by atoms with Crippen LogP contribution in [0.25, 0.3) is 11.0 Å². The van der Waals surface area contributed by atoms with Crippen molar-refractivity contribution in [2.45, 2.75) is 31.9 Å². The van der Waals surface area contributed by atoms with Gasteiger partial charge in [-0.2, -0.15) is 0 Å². The van der Waals surface area contributed by atoms with Crippen LogP contribution in [0.3, 0.4) is 0 Å². The third-order valence-electron chi connectivity index (χ3n) is 4.41. The molecule has 1 aliphatic heterocycles. The van der Waals surface area contributed by atoms with E-state index in [-0.39, 0.29) is 24.9 Å². The Morgan fingerprint density at radius 1 is 1.33 bits per heavy atom. The Labute approximate surface area is 139 Å². The van der Waals surface area contributed by atoms with E-state index in [4.69, 9.17) is 9.15 Å². The lowest BCUT2D eigenvalue weighted by molar-refractivity contribution is -0.0600. The Bertz CT molecular complexity index is 738. The number of nitrogens with one attached hydrogen (secondary N) is 2. The molecule has 0 bridgehead atoms. The summed E-state index contributed by atoms with van der Waals surface area (Å²) in [5, 5.41) is 16.4. The molecular weight excluding hydrogens is 315 g/mol. The van der Waals surface area contributed by atoms with Gasteiger partial charge in [0.25, 0.3) is 0 Å². The van der Waals surface area contributed by atoms with Crippen molar-refractivity contribution >= 4 is 17.0 Å². The summed E-state index contributed by atoms with van der Waals surface area (Å²) in [6.45, 7) is 3.18. The Morgan fingerprint density at radius 3 is 2.83 bits per heavy atom. The number of halogens is 1. The van der Waals surface area contributed by atoms with Gasteiger partial charge in [-0.25, -0.2) is 9.18 Å². The fourth-order valence-electron chi connectivity index (χ4n) is 2.81. The highest BCUT2D eigenvalue weighted by molar-refractivity contribution is 5.82. The third-order valence-corrected chi connectivity index (χ3v) is 4.41. The zero-order valence-electron chi connectivity index (χ0n) is 13.5. The molecule has 0 aliphatic carbocycles. The molecule has 3 rings (SSSR count). The van der Waals surface area contributed by atoms with Gasteiger partial charge in [0.2, 0.25) is 0 Å². The maximum absolute atomic E-state index is 13.3. The zero-order valence-corrected chi connectivity index (χ0v) is 13.5. The lowest BCUT2D eigenvalue weighted by Crippen LogP contribution is -2.48. The first-order chi connectivity index (χ1) is 11.5. The third kappa shape index (κ3) is 3.68. The van der Waals surface area contributed by atoms with E-state index in [1.807, 2.05) is 6.92 Å². The number of ether oxygens (including phenoxy) is 1. The van der Waals surface area contributed by atoms with Gasteiger partial charge in [-0.1, -0.05) is 0 Å². The summed E-state index contributed by atoms with van der Waals surface area (Å²) in [4.78, 5) is 11.9. The van der Waals surface area contributed by atoms with E-state index in [1.54, 1.807) is 6.07 Å². The highest BCUT2D eigenvalue weighted by atomic mass is 19.1. The van der Waals surface area contributed by atoms with Crippen LogP contribution in [-0.4, -0.2) is 36.5 Å². The number of hydrogen-bond acceptors (Lipinski definition) is 4. The van der Waals surface area contributed by atoms with E-state index in [2.05, 4.69) is 10.6 Å². The summed E-state index contributed by atoms with van der Waals surface area (Å²) >= 11 is 0. The number of aryl methyl sites for hydroxylation is 1. The molecule has 0 saturated carbocycles. The van der Waals surface area contributed by atoms with Crippen LogP contribution in [0, 0.1) is 12.7 Å². The van der Waals surface area contributed by atoms with E-state index in [9.17, 15) is 14.3 Å². The molecule has 1 saturated heterocycles. The fraction of sp³-hybridized carbons (Fsp3) is 0.471. The smallest absolute Gasteiger partial charge is 0.315 e. The highest BCUT2D eigenvalue weighted by Crippen LogP contribution is 2.25. The number of carbonyl (C=O) groups is 1. The summed E-state index contributed by atoms with van der Waals surface area (Å²) in [5.41, 5.74) is 0.470. The van der Waals surface area contributed by atoms with Crippen LogP contribution < -0.4 is 10.6 Å². The van der Waals surface area contributed by atoms with Crippen molar-refractivity contribution in [3.05, 3.63) is 35.3 Å². The molecule has 2 amide bonds. The molecule has 0 radical (unpaired) electrons. The summed E-state index contributed by atoms with van der Waals surface area (Å²) < 4.78 is 24.1. The van der Waals surface area contributed by atoms with Crippen molar-refractivity contribution in [1.82, 2.24) is 10.6 Å². The summed E-state index contributed by atoms with van der Waals surface area (Å²) in [5.74, 6) is 0.254. The minimum absolute atomic E-state index is 0.173. The van der Waals surface area contributed by atoms with Gasteiger partial charge >= 0.3 is 6.03 Å². The molecule has 2 aromatic rings. The molecule has 6 nitrogen and oxygen atoms in total. The molecule has 1 aliphatic rings. The maximum Gasteiger partial charge on any atom is 0.315 e. The Morgan fingerprint density at radius 2 is 2.08 bits per heavy atom. The SMILES string of the molecule is Cc1c(CNC(=O)NCC2(O)CCOCC2)oc2ccc(F)cc12. The number of fused-ring (bicyclic) bond motifs is 1. The second-order valence-corrected chi connectivity index (χ2v) is 6.16. The van der Waals surface area contributed by atoms with Gasteiger partial charge in [-0.05, 0) is 25.1 Å². The van der Waals surface area contributed by atoms with Crippen LogP contribution in [0.15, 0.2) is 22.6 Å². The quantitative estimate of drug-likeness (QED) is 0.799. The van der Waals surface area contributed by atoms with Crippen LogP contribution in [0.1, 0.15) is 24.2 Å². The average molecular weight is 336 g/mol. The summed E-state index contributed by atoms with van der Waals surface area (Å²) in [7, 11) is 0. The second-order valence-electron chi connectivity index (χ2n) is 6.16. The van der Waals surface area contributed by atoms with Gasteiger partial charge in [0.1, 0.15) is 17.2 Å². The fourth-order valence-corrected chi connectivity index (χ4v) is 2.81. The second kappa shape index (κ2) is 6.78. The van der Waals surface area contributed by atoms with Gasteiger partial charge in [0.15, 0.2) is 0 Å². The summed E-state index contributed by atoms with van der Waals surface area (Å²) in [6.07, 6.45) is 1.00. The van der Waals surface area contributed by atoms with E-state index in [1.165, 1.54) is 12.1 Å². The molecule has 3 N–H and O–H groups in total. The van der Waals surface area contributed by atoms with Crippen molar-refractivity contribution in [1.29, 1.82) is 0 Å². The number of amides is 2. The van der Waals surface area contributed by atoms with E-state index < -0.39 is 5.60 Å². The van der Waals surface area contributed by atoms with Crippen molar-refractivity contribution in [3.8, 4) is 0 Å². The normalized spacial score (nSPS) is 17.0. The molecule has 1 aromatic carbocycles. The standard InChI is InChI=1S/C17H21FN2O4/c1-11-13-8-12(18)2-3-14(13)24-15(11)9-19-16(21)20-10-17(22)4-6-23-7-5-17/h2-3,8,22H,4-7,9-10H2,1H3,(H2,19,20,21). The Kier molecular flexibility index (Phi) is 4.73. The molecule has 1 aromatic heterocycles. The number of urea groups is 1. The lowest BCUT2D eigenvalue weighted by Gasteiger charge is -2.32. The Hall–Kier alpha value is -2.12. The van der Waals surface area contributed by atoms with Gasteiger partial charge in [0.05, 0.1) is 12.1 Å². The molecule has 1 fully saturated rings. The van der Waals surface area contributed by atoms with E-state index in [0.717, 1.165) is 5.56 Å². The molecular formula is C17H21FN2O4. The first-order valence-electron chi connectivity index (χ1n) is 7.96. The van der Waals surface area contributed by atoms with Gasteiger partial charge in [-0.15, -0.1) is 0 Å². The molecule has 2 heterocycles. The number of rotatable bonds is 4. The monoisotopic (exact) mass is 336 g/mol. The van der Waals surface area contributed by atoms with E-state index >= 15 is 0 Å². The largest absolute Gasteiger partial charge is 0.459 e. The molecule has 0 atom stereocenters. The van der Waals surface area contributed by atoms with Gasteiger partial charge < -0.3 is 24.9 Å². The van der Waals surface area contributed by atoms with Crippen molar-refractivity contribution in [2.24, 2.45) is 0 Å². The van der Waals surface area contributed by atoms with E-state index in [0.29, 0.717) is 42.8 Å². The van der Waals surface area contributed by atoms with Crippen LogP contribution in [0.4, 0.5) is 9.18 Å². The van der Waals surface area contributed by atoms with Gasteiger partial charge in [0, 0.05) is 43.5 Å². The number of furan rings is 1. The molecule has 0 unspecified atom stereocenters. The number of hydrogen-bond donors (Lipinski definition) is 3. The number of carbonyl (C=O) groups excluding carboxylic acids is 1. The maximum atomic E-state index is 13.3. The number of benzene rings is 1. The summed E-state index contributed by atoms with van der Waals surface area (Å²) in [6, 6.07) is 3.94. The predicted octanol–water partition coefficient (Wildman–Crippen LogP) is 2.22. The Balaban J connectivity index is 1.55. The first-order valence-corrected chi connectivity index (χ1v) is 7.96. The topological polar surface area (TPSA) is 83.7 Å². The minimum atomic E-state index is -0.914. The predicted molar refractivity (Wildman–Crippen MR) is 86.2 cm³/mol. The van der Waals surface area contributed by atoms with Crippen LogP contribution in [-0.2, 0) is 11.3 Å². The first kappa shape index (κ1) is 16.7. The van der Waals surface area contributed by atoms with Crippen molar-refractivity contribution < 1.29 is 23.4 Å². The average Bonchev–Trinajstić information content (AvgIpc) is 2.88. The van der Waals surface area contributed by atoms with Crippen molar-refractivity contribution in [2.75, 3.05) is 19.8 Å². The van der Waals surface area contributed by atoms with Crippen LogP contribution >= 0.6 is 0 Å². The van der Waals surface area contributed by atoms with Crippen LogP contribution in [0.2, 0.25) is 0 Å². The van der Waals surface area contributed by atoms with Gasteiger partial charge in [-0.3, -0.25) is 0 Å². The molecule has 130 valence electrons.